The third kappa shape index (κ3) is 4.20. The van der Waals surface area contributed by atoms with Gasteiger partial charge in [0.2, 0.25) is 0 Å². The summed E-state index contributed by atoms with van der Waals surface area (Å²) in [5.41, 5.74) is 9.80. The molecule has 33 heavy (non-hydrogen) atoms. The number of halogens is 2. The minimum Gasteiger partial charge on any atom is -0.383 e. The number of nitrogens with one attached hydrogen (secondary N) is 1. The number of pyridine rings is 1. The number of hydrogen-bond donors (Lipinski definition) is 2. The summed E-state index contributed by atoms with van der Waals surface area (Å²) in [6, 6.07) is 6.22. The molecule has 1 aliphatic rings. The van der Waals surface area contributed by atoms with Gasteiger partial charge in [0, 0.05) is 34.8 Å². The molecule has 4 aromatic rings. The normalized spacial score (nSPS) is 17.5. The standard InChI is InChI=1S/C22H22BrFN6O2S/c1-12(28-16-4-6-33(31,32)7-5-16)20-19(23)21(25)30-22(29-20)17(11-27-30)14-8-13-9-15(24)2-3-18(13)26-10-14/h2-3,8-12,16,28H,4-7,25H2,1H3. The van der Waals surface area contributed by atoms with Crippen LogP contribution in [0, 0.1) is 5.82 Å². The molecule has 0 spiro atoms. The molecule has 0 bridgehead atoms. The van der Waals surface area contributed by atoms with Crippen LogP contribution in [-0.2, 0) is 9.84 Å². The highest BCUT2D eigenvalue weighted by Crippen LogP contribution is 2.33. The van der Waals surface area contributed by atoms with Crippen LogP contribution in [0.1, 0.15) is 31.5 Å². The molecule has 4 heterocycles. The van der Waals surface area contributed by atoms with E-state index in [1.807, 2.05) is 13.0 Å². The average Bonchev–Trinajstić information content (AvgIpc) is 3.21. The highest BCUT2D eigenvalue weighted by Gasteiger charge is 2.27. The van der Waals surface area contributed by atoms with E-state index in [0.717, 1.165) is 11.1 Å². The topological polar surface area (TPSA) is 115 Å². The lowest BCUT2D eigenvalue weighted by Crippen LogP contribution is -2.39. The summed E-state index contributed by atoms with van der Waals surface area (Å²) >= 11 is 3.55. The molecule has 1 aromatic carbocycles. The van der Waals surface area contributed by atoms with Crippen molar-refractivity contribution in [1.82, 2.24) is 24.9 Å². The van der Waals surface area contributed by atoms with Crippen LogP contribution in [-0.4, -0.2) is 45.5 Å². The number of sulfone groups is 1. The second kappa shape index (κ2) is 8.30. The molecule has 1 unspecified atom stereocenters. The van der Waals surface area contributed by atoms with Crippen molar-refractivity contribution >= 4 is 48.1 Å². The molecule has 1 atom stereocenters. The number of rotatable bonds is 4. The Bertz CT molecular complexity index is 1480. The highest BCUT2D eigenvalue weighted by molar-refractivity contribution is 9.10. The number of nitrogen functional groups attached to an aromatic ring is 1. The van der Waals surface area contributed by atoms with Crippen LogP contribution >= 0.6 is 15.9 Å². The lowest BCUT2D eigenvalue weighted by molar-refractivity contribution is 0.415. The lowest BCUT2D eigenvalue weighted by atomic mass is 10.1. The Labute approximate surface area is 198 Å². The number of nitrogens with zero attached hydrogens (tertiary/aromatic N) is 4. The number of aromatic nitrogens is 4. The maximum Gasteiger partial charge on any atom is 0.165 e. The summed E-state index contributed by atoms with van der Waals surface area (Å²) in [5, 5.41) is 8.57. The summed E-state index contributed by atoms with van der Waals surface area (Å²) in [4.78, 5) is 9.29. The summed E-state index contributed by atoms with van der Waals surface area (Å²) in [6.45, 7) is 1.97. The zero-order chi connectivity index (χ0) is 23.3. The van der Waals surface area contributed by atoms with Crippen LogP contribution in [0.4, 0.5) is 10.2 Å². The zero-order valence-corrected chi connectivity index (χ0v) is 20.2. The molecule has 8 nitrogen and oxygen atoms in total. The number of anilines is 1. The molecule has 3 N–H and O–H groups in total. The fraction of sp³-hybridized carbons (Fsp3) is 0.318. The number of fused-ring (bicyclic) bond motifs is 2. The highest BCUT2D eigenvalue weighted by atomic mass is 79.9. The first-order valence-corrected chi connectivity index (χ1v) is 13.2. The molecule has 0 aliphatic carbocycles. The molecule has 5 rings (SSSR count). The molecule has 1 fully saturated rings. The van der Waals surface area contributed by atoms with Gasteiger partial charge >= 0.3 is 0 Å². The molecule has 1 aliphatic heterocycles. The fourth-order valence-corrected chi connectivity index (χ4v) is 6.33. The molecular weight excluding hydrogens is 511 g/mol. The molecule has 172 valence electrons. The average molecular weight is 533 g/mol. The molecule has 11 heteroatoms. The molecular formula is C22H22BrFN6O2S. The maximum absolute atomic E-state index is 13.7. The van der Waals surface area contributed by atoms with Crippen molar-refractivity contribution in [3.63, 3.8) is 0 Å². The van der Waals surface area contributed by atoms with Crippen molar-refractivity contribution in [2.45, 2.75) is 31.8 Å². The van der Waals surface area contributed by atoms with E-state index < -0.39 is 9.84 Å². The molecule has 0 saturated carbocycles. The summed E-state index contributed by atoms with van der Waals surface area (Å²) in [7, 11) is -2.93. The first kappa shape index (κ1) is 22.2. The Kier molecular flexibility index (Phi) is 5.58. The van der Waals surface area contributed by atoms with Crippen LogP contribution in [0.2, 0.25) is 0 Å². The number of hydrogen-bond acceptors (Lipinski definition) is 7. The quantitative estimate of drug-likeness (QED) is 0.412. The van der Waals surface area contributed by atoms with Gasteiger partial charge in [-0.2, -0.15) is 9.61 Å². The van der Waals surface area contributed by atoms with Gasteiger partial charge in [-0.1, -0.05) is 0 Å². The van der Waals surface area contributed by atoms with Gasteiger partial charge in [0.05, 0.1) is 33.4 Å². The first-order valence-electron chi connectivity index (χ1n) is 10.6. The van der Waals surface area contributed by atoms with Crippen molar-refractivity contribution < 1.29 is 12.8 Å². The predicted octanol–water partition coefficient (Wildman–Crippen LogP) is 3.66. The van der Waals surface area contributed by atoms with E-state index in [4.69, 9.17) is 10.7 Å². The van der Waals surface area contributed by atoms with Gasteiger partial charge in [0.25, 0.3) is 0 Å². The maximum atomic E-state index is 13.7. The van der Waals surface area contributed by atoms with Gasteiger partial charge in [-0.15, -0.1) is 0 Å². The van der Waals surface area contributed by atoms with E-state index in [0.29, 0.717) is 45.4 Å². The SMILES string of the molecule is CC(NC1CCS(=O)(=O)CC1)c1nc2c(-c3cnc4ccc(F)cc4c3)cnn2c(N)c1Br. The second-order valence-electron chi connectivity index (χ2n) is 8.37. The fourth-order valence-electron chi connectivity index (χ4n) is 4.24. The van der Waals surface area contributed by atoms with Gasteiger partial charge in [-0.05, 0) is 60.0 Å². The number of nitrogens with two attached hydrogens (primary N) is 1. The van der Waals surface area contributed by atoms with Crippen molar-refractivity contribution in [3.05, 3.63) is 52.6 Å². The van der Waals surface area contributed by atoms with Crippen LogP contribution in [0.15, 0.2) is 41.1 Å². The Balaban J connectivity index is 1.52. The predicted molar refractivity (Wildman–Crippen MR) is 129 cm³/mol. The Morgan fingerprint density at radius 1 is 1.24 bits per heavy atom. The van der Waals surface area contributed by atoms with Crippen molar-refractivity contribution in [2.75, 3.05) is 17.2 Å². The van der Waals surface area contributed by atoms with Gasteiger partial charge in [-0.25, -0.2) is 17.8 Å². The third-order valence-corrected chi connectivity index (χ3v) is 8.58. The van der Waals surface area contributed by atoms with Crippen molar-refractivity contribution in [1.29, 1.82) is 0 Å². The zero-order valence-electron chi connectivity index (χ0n) is 17.8. The smallest absolute Gasteiger partial charge is 0.165 e. The molecule has 1 saturated heterocycles. The Hall–Kier alpha value is -2.63. The van der Waals surface area contributed by atoms with E-state index in [2.05, 4.69) is 31.3 Å². The summed E-state index contributed by atoms with van der Waals surface area (Å²) in [6.07, 6.45) is 4.51. The van der Waals surface area contributed by atoms with E-state index in [1.165, 1.54) is 12.1 Å². The van der Waals surface area contributed by atoms with E-state index in [1.54, 1.807) is 23.0 Å². The summed E-state index contributed by atoms with van der Waals surface area (Å²) < 4.78 is 39.4. The van der Waals surface area contributed by atoms with Gasteiger partial charge in [-0.3, -0.25) is 4.98 Å². The van der Waals surface area contributed by atoms with Gasteiger partial charge in [0.1, 0.15) is 21.5 Å². The van der Waals surface area contributed by atoms with Crippen LogP contribution in [0.25, 0.3) is 27.7 Å². The molecule has 0 radical (unpaired) electrons. The third-order valence-electron chi connectivity index (χ3n) is 6.05. The Morgan fingerprint density at radius 2 is 2.00 bits per heavy atom. The van der Waals surface area contributed by atoms with Crippen LogP contribution in [0.3, 0.4) is 0 Å². The monoisotopic (exact) mass is 532 g/mol. The largest absolute Gasteiger partial charge is 0.383 e. The van der Waals surface area contributed by atoms with E-state index in [9.17, 15) is 12.8 Å². The molecule has 3 aromatic heterocycles. The van der Waals surface area contributed by atoms with E-state index >= 15 is 0 Å². The van der Waals surface area contributed by atoms with Gasteiger partial charge < -0.3 is 11.1 Å². The molecule has 0 amide bonds. The van der Waals surface area contributed by atoms with Crippen LogP contribution < -0.4 is 11.1 Å². The van der Waals surface area contributed by atoms with Crippen molar-refractivity contribution in [2.24, 2.45) is 0 Å². The minimum absolute atomic E-state index is 0.0821. The number of benzene rings is 1. The Morgan fingerprint density at radius 3 is 2.76 bits per heavy atom. The lowest BCUT2D eigenvalue weighted by Gasteiger charge is -2.27. The minimum atomic E-state index is -2.93. The van der Waals surface area contributed by atoms with E-state index in [-0.39, 0.29) is 29.4 Å². The van der Waals surface area contributed by atoms with Crippen LogP contribution in [0.5, 0.6) is 0 Å². The van der Waals surface area contributed by atoms with Crippen molar-refractivity contribution in [3.8, 4) is 11.1 Å². The van der Waals surface area contributed by atoms with Gasteiger partial charge in [0.15, 0.2) is 5.65 Å². The first-order chi connectivity index (χ1) is 15.7. The summed E-state index contributed by atoms with van der Waals surface area (Å²) in [5.74, 6) is 0.455. The second-order valence-corrected chi connectivity index (χ2v) is 11.5.